The van der Waals surface area contributed by atoms with Crippen LogP contribution in [0, 0.1) is 5.82 Å². The molecule has 1 aromatic carbocycles. The van der Waals surface area contributed by atoms with Gasteiger partial charge < -0.3 is 10.1 Å². The van der Waals surface area contributed by atoms with E-state index < -0.39 is 0 Å². The SMILES string of the molecule is Fc1cccc(C2CNCCCO2)c1. The zero-order chi connectivity index (χ0) is 9.80. The van der Waals surface area contributed by atoms with Crippen molar-refractivity contribution in [3.05, 3.63) is 35.6 Å². The van der Waals surface area contributed by atoms with Gasteiger partial charge in [0, 0.05) is 13.2 Å². The van der Waals surface area contributed by atoms with Crippen molar-refractivity contribution in [1.82, 2.24) is 5.32 Å². The summed E-state index contributed by atoms with van der Waals surface area (Å²) >= 11 is 0. The van der Waals surface area contributed by atoms with Gasteiger partial charge in [-0.3, -0.25) is 0 Å². The number of hydrogen-bond acceptors (Lipinski definition) is 2. The first-order valence-corrected chi connectivity index (χ1v) is 4.94. The van der Waals surface area contributed by atoms with E-state index >= 15 is 0 Å². The van der Waals surface area contributed by atoms with Crippen LogP contribution in [0.1, 0.15) is 18.1 Å². The predicted molar refractivity (Wildman–Crippen MR) is 52.6 cm³/mol. The van der Waals surface area contributed by atoms with Crippen LogP contribution in [-0.2, 0) is 4.74 Å². The molecule has 1 aromatic rings. The summed E-state index contributed by atoms with van der Waals surface area (Å²) in [6, 6.07) is 6.62. The number of ether oxygens (including phenoxy) is 1. The summed E-state index contributed by atoms with van der Waals surface area (Å²) < 4.78 is 18.6. The molecule has 3 heteroatoms. The molecule has 1 heterocycles. The average molecular weight is 195 g/mol. The highest BCUT2D eigenvalue weighted by Crippen LogP contribution is 2.19. The van der Waals surface area contributed by atoms with Crippen LogP contribution in [0.4, 0.5) is 4.39 Å². The molecule has 0 aliphatic carbocycles. The molecule has 0 saturated carbocycles. The van der Waals surface area contributed by atoms with Crippen LogP contribution in [0.25, 0.3) is 0 Å². The Morgan fingerprint density at radius 2 is 2.36 bits per heavy atom. The smallest absolute Gasteiger partial charge is 0.123 e. The summed E-state index contributed by atoms with van der Waals surface area (Å²) in [5.74, 6) is -0.199. The van der Waals surface area contributed by atoms with Crippen molar-refractivity contribution in [2.45, 2.75) is 12.5 Å². The number of nitrogens with one attached hydrogen (secondary N) is 1. The minimum absolute atomic E-state index is 0.00630. The van der Waals surface area contributed by atoms with Crippen molar-refractivity contribution < 1.29 is 9.13 Å². The van der Waals surface area contributed by atoms with Gasteiger partial charge in [0.2, 0.25) is 0 Å². The summed E-state index contributed by atoms with van der Waals surface area (Å²) in [4.78, 5) is 0. The Morgan fingerprint density at radius 1 is 1.43 bits per heavy atom. The van der Waals surface area contributed by atoms with Gasteiger partial charge in [0.05, 0.1) is 6.10 Å². The Kier molecular flexibility index (Phi) is 3.11. The molecule has 14 heavy (non-hydrogen) atoms. The van der Waals surface area contributed by atoms with Crippen LogP contribution in [0.3, 0.4) is 0 Å². The van der Waals surface area contributed by atoms with Crippen LogP contribution < -0.4 is 5.32 Å². The summed E-state index contributed by atoms with van der Waals surface area (Å²) in [7, 11) is 0. The van der Waals surface area contributed by atoms with Gasteiger partial charge in [-0.2, -0.15) is 0 Å². The molecular weight excluding hydrogens is 181 g/mol. The number of halogens is 1. The van der Waals surface area contributed by atoms with Crippen LogP contribution in [0.2, 0.25) is 0 Å². The number of hydrogen-bond donors (Lipinski definition) is 1. The van der Waals surface area contributed by atoms with E-state index in [-0.39, 0.29) is 11.9 Å². The van der Waals surface area contributed by atoms with Gasteiger partial charge in [-0.15, -0.1) is 0 Å². The molecule has 1 aliphatic heterocycles. The summed E-state index contributed by atoms with van der Waals surface area (Å²) in [5, 5.41) is 3.27. The second-order valence-corrected chi connectivity index (χ2v) is 3.47. The minimum atomic E-state index is -0.199. The van der Waals surface area contributed by atoms with E-state index in [0.717, 1.165) is 31.7 Å². The first-order valence-electron chi connectivity index (χ1n) is 4.94. The fourth-order valence-corrected chi connectivity index (χ4v) is 1.64. The summed E-state index contributed by atoms with van der Waals surface area (Å²) in [6.07, 6.45) is 1.01. The lowest BCUT2D eigenvalue weighted by atomic mass is 10.1. The molecule has 0 radical (unpaired) electrons. The molecule has 1 atom stereocenters. The molecule has 1 fully saturated rings. The van der Waals surface area contributed by atoms with Crippen molar-refractivity contribution >= 4 is 0 Å². The second kappa shape index (κ2) is 4.53. The van der Waals surface area contributed by atoms with Gasteiger partial charge in [0.25, 0.3) is 0 Å². The van der Waals surface area contributed by atoms with E-state index in [1.807, 2.05) is 6.07 Å². The molecular formula is C11H14FNO. The van der Waals surface area contributed by atoms with E-state index in [1.165, 1.54) is 12.1 Å². The molecule has 2 rings (SSSR count). The lowest BCUT2D eigenvalue weighted by Crippen LogP contribution is -2.20. The van der Waals surface area contributed by atoms with Gasteiger partial charge in [-0.1, -0.05) is 12.1 Å². The van der Waals surface area contributed by atoms with Gasteiger partial charge in [0.15, 0.2) is 0 Å². The van der Waals surface area contributed by atoms with Gasteiger partial charge in [-0.05, 0) is 30.7 Å². The van der Waals surface area contributed by atoms with E-state index in [9.17, 15) is 4.39 Å². The average Bonchev–Trinajstić information content (AvgIpc) is 2.45. The highest BCUT2D eigenvalue weighted by molar-refractivity contribution is 5.19. The van der Waals surface area contributed by atoms with Crippen molar-refractivity contribution in [2.75, 3.05) is 19.7 Å². The van der Waals surface area contributed by atoms with Crippen LogP contribution in [0.15, 0.2) is 24.3 Å². The van der Waals surface area contributed by atoms with Crippen LogP contribution in [-0.4, -0.2) is 19.7 Å². The standard InChI is InChI=1S/C11H14FNO/c12-10-4-1-3-9(7-10)11-8-13-5-2-6-14-11/h1,3-4,7,11,13H,2,5-6,8H2. The zero-order valence-corrected chi connectivity index (χ0v) is 8.00. The van der Waals surface area contributed by atoms with Crippen molar-refractivity contribution in [1.29, 1.82) is 0 Å². The normalized spacial score (nSPS) is 23.1. The van der Waals surface area contributed by atoms with E-state index in [0.29, 0.717) is 0 Å². The van der Waals surface area contributed by atoms with E-state index in [1.54, 1.807) is 6.07 Å². The topological polar surface area (TPSA) is 21.3 Å². The third-order valence-corrected chi connectivity index (χ3v) is 2.37. The highest BCUT2D eigenvalue weighted by Gasteiger charge is 2.14. The number of benzene rings is 1. The van der Waals surface area contributed by atoms with Crippen molar-refractivity contribution in [3.8, 4) is 0 Å². The Morgan fingerprint density at radius 3 is 3.21 bits per heavy atom. The molecule has 76 valence electrons. The highest BCUT2D eigenvalue weighted by atomic mass is 19.1. The maximum absolute atomic E-state index is 12.9. The number of rotatable bonds is 1. The van der Waals surface area contributed by atoms with Crippen molar-refractivity contribution in [2.24, 2.45) is 0 Å². The Bertz CT molecular complexity index is 295. The van der Waals surface area contributed by atoms with E-state index in [2.05, 4.69) is 5.32 Å². The summed E-state index contributed by atoms with van der Waals surface area (Å²) in [5.41, 5.74) is 0.916. The molecule has 0 amide bonds. The second-order valence-electron chi connectivity index (χ2n) is 3.47. The Hall–Kier alpha value is -0.930. The fourth-order valence-electron chi connectivity index (χ4n) is 1.64. The van der Waals surface area contributed by atoms with Gasteiger partial charge in [-0.25, -0.2) is 4.39 Å². The monoisotopic (exact) mass is 195 g/mol. The lowest BCUT2D eigenvalue weighted by molar-refractivity contribution is 0.0667. The molecule has 1 aliphatic rings. The van der Waals surface area contributed by atoms with Gasteiger partial charge >= 0.3 is 0 Å². The Labute approximate surface area is 83.1 Å². The first-order chi connectivity index (χ1) is 6.86. The maximum atomic E-state index is 12.9. The maximum Gasteiger partial charge on any atom is 0.123 e. The third-order valence-electron chi connectivity index (χ3n) is 2.37. The molecule has 1 unspecified atom stereocenters. The van der Waals surface area contributed by atoms with Gasteiger partial charge in [0.1, 0.15) is 5.82 Å². The molecule has 2 nitrogen and oxygen atoms in total. The minimum Gasteiger partial charge on any atom is -0.372 e. The third kappa shape index (κ3) is 2.30. The van der Waals surface area contributed by atoms with Crippen LogP contribution >= 0.6 is 0 Å². The molecule has 0 aromatic heterocycles. The molecule has 1 saturated heterocycles. The van der Waals surface area contributed by atoms with Crippen molar-refractivity contribution in [3.63, 3.8) is 0 Å². The molecule has 0 spiro atoms. The zero-order valence-electron chi connectivity index (χ0n) is 8.00. The first kappa shape index (κ1) is 9.62. The largest absolute Gasteiger partial charge is 0.372 e. The van der Waals surface area contributed by atoms with Crippen LogP contribution in [0.5, 0.6) is 0 Å². The van der Waals surface area contributed by atoms with E-state index in [4.69, 9.17) is 4.74 Å². The Balaban J connectivity index is 2.12. The molecule has 0 bridgehead atoms. The quantitative estimate of drug-likeness (QED) is 0.738. The lowest BCUT2D eigenvalue weighted by Gasteiger charge is -2.15. The predicted octanol–water partition coefficient (Wildman–Crippen LogP) is 1.88. The molecule has 1 N–H and O–H groups in total. The summed E-state index contributed by atoms with van der Waals surface area (Å²) in [6.45, 7) is 2.49. The fraction of sp³-hybridized carbons (Fsp3) is 0.455.